The van der Waals surface area contributed by atoms with Crippen molar-refractivity contribution < 1.29 is 9.53 Å². The number of carbonyl (C=O) groups excluding carboxylic acids is 1. The second kappa shape index (κ2) is 6.75. The lowest BCUT2D eigenvalue weighted by Crippen LogP contribution is -2.62. The van der Waals surface area contributed by atoms with Crippen molar-refractivity contribution in [1.29, 1.82) is 0 Å². The largest absolute Gasteiger partial charge is 0.468 e. The van der Waals surface area contributed by atoms with Crippen LogP contribution < -0.4 is 5.32 Å². The van der Waals surface area contributed by atoms with E-state index in [4.69, 9.17) is 4.74 Å². The van der Waals surface area contributed by atoms with E-state index in [1.165, 1.54) is 51.2 Å². The molecule has 1 aromatic rings. The number of carbonyl (C=O) groups is 1. The Labute approximate surface area is 151 Å². The molecule has 2 atom stereocenters. The van der Waals surface area contributed by atoms with Gasteiger partial charge in [-0.3, -0.25) is 10.1 Å². The Hall–Kier alpha value is -1.35. The number of ether oxygens (including phenoxy) is 1. The molecule has 0 heterocycles. The molecule has 1 aromatic carbocycles. The summed E-state index contributed by atoms with van der Waals surface area (Å²) in [6, 6.07) is 10.3. The SMILES string of the molecule is COC(=O)C(CC(C)c1ccccc1)NC12CC3CC(CC(C3)C1)C2. The average molecular weight is 341 g/mol. The zero-order chi connectivity index (χ0) is 17.4. The van der Waals surface area contributed by atoms with Gasteiger partial charge in [-0.05, 0) is 74.2 Å². The molecule has 136 valence electrons. The fraction of sp³-hybridized carbons (Fsp3) is 0.682. The van der Waals surface area contributed by atoms with Crippen LogP contribution in [-0.4, -0.2) is 24.7 Å². The summed E-state index contributed by atoms with van der Waals surface area (Å²) in [5, 5.41) is 3.84. The van der Waals surface area contributed by atoms with E-state index >= 15 is 0 Å². The summed E-state index contributed by atoms with van der Waals surface area (Å²) in [7, 11) is 1.52. The van der Waals surface area contributed by atoms with Gasteiger partial charge in [0.1, 0.15) is 6.04 Å². The van der Waals surface area contributed by atoms with Crippen LogP contribution in [0.1, 0.15) is 63.4 Å². The van der Waals surface area contributed by atoms with Gasteiger partial charge in [0.05, 0.1) is 7.11 Å². The summed E-state index contributed by atoms with van der Waals surface area (Å²) in [5.41, 5.74) is 1.48. The molecule has 0 amide bonds. The van der Waals surface area contributed by atoms with E-state index in [-0.39, 0.29) is 17.6 Å². The van der Waals surface area contributed by atoms with Gasteiger partial charge < -0.3 is 4.74 Å². The van der Waals surface area contributed by atoms with Crippen molar-refractivity contribution in [3.8, 4) is 0 Å². The van der Waals surface area contributed by atoms with Crippen molar-refractivity contribution in [3.63, 3.8) is 0 Å². The molecule has 4 aliphatic carbocycles. The topological polar surface area (TPSA) is 38.3 Å². The van der Waals surface area contributed by atoms with E-state index in [0.29, 0.717) is 5.92 Å². The zero-order valence-corrected chi connectivity index (χ0v) is 15.5. The summed E-state index contributed by atoms with van der Waals surface area (Å²) < 4.78 is 5.16. The maximum Gasteiger partial charge on any atom is 0.322 e. The maximum atomic E-state index is 12.5. The Morgan fingerprint density at radius 2 is 1.68 bits per heavy atom. The number of hydrogen-bond donors (Lipinski definition) is 1. The van der Waals surface area contributed by atoms with Crippen molar-refractivity contribution in [1.82, 2.24) is 5.32 Å². The maximum absolute atomic E-state index is 12.5. The fourth-order valence-corrected chi connectivity index (χ4v) is 6.28. The fourth-order valence-electron chi connectivity index (χ4n) is 6.28. The summed E-state index contributed by atoms with van der Waals surface area (Å²) in [6.45, 7) is 2.21. The lowest BCUT2D eigenvalue weighted by molar-refractivity contribution is -0.145. The minimum atomic E-state index is -0.198. The number of benzene rings is 1. The zero-order valence-electron chi connectivity index (χ0n) is 15.5. The van der Waals surface area contributed by atoms with Crippen molar-refractivity contribution in [2.24, 2.45) is 17.8 Å². The molecule has 0 aromatic heterocycles. The Balaban J connectivity index is 1.49. The molecule has 3 heteroatoms. The van der Waals surface area contributed by atoms with Gasteiger partial charge in [-0.2, -0.15) is 0 Å². The number of nitrogens with one attached hydrogen (secondary N) is 1. The van der Waals surface area contributed by atoms with Gasteiger partial charge in [0, 0.05) is 5.54 Å². The number of methoxy groups -OCH3 is 1. The molecule has 0 saturated heterocycles. The van der Waals surface area contributed by atoms with E-state index in [9.17, 15) is 4.79 Å². The second-order valence-corrected chi connectivity index (χ2v) is 8.97. The van der Waals surface area contributed by atoms with Crippen LogP contribution >= 0.6 is 0 Å². The Kier molecular flexibility index (Phi) is 4.61. The molecule has 0 aliphatic heterocycles. The third-order valence-electron chi connectivity index (χ3n) is 6.96. The first-order valence-corrected chi connectivity index (χ1v) is 9.97. The van der Waals surface area contributed by atoms with Crippen LogP contribution in [0.5, 0.6) is 0 Å². The minimum absolute atomic E-state index is 0.0986. The predicted octanol–water partition coefficient (Wildman–Crippen LogP) is 4.28. The highest BCUT2D eigenvalue weighted by atomic mass is 16.5. The monoisotopic (exact) mass is 341 g/mol. The van der Waals surface area contributed by atoms with Crippen LogP contribution in [0.2, 0.25) is 0 Å². The quantitative estimate of drug-likeness (QED) is 0.785. The van der Waals surface area contributed by atoms with Crippen LogP contribution in [0.25, 0.3) is 0 Å². The number of rotatable bonds is 6. The third-order valence-corrected chi connectivity index (χ3v) is 6.96. The van der Waals surface area contributed by atoms with E-state index < -0.39 is 0 Å². The van der Waals surface area contributed by atoms with Gasteiger partial charge in [0.2, 0.25) is 0 Å². The van der Waals surface area contributed by atoms with E-state index in [0.717, 1.165) is 24.2 Å². The Morgan fingerprint density at radius 1 is 1.12 bits per heavy atom. The predicted molar refractivity (Wildman–Crippen MR) is 99.3 cm³/mol. The van der Waals surface area contributed by atoms with Crippen LogP contribution in [-0.2, 0) is 9.53 Å². The lowest BCUT2D eigenvalue weighted by Gasteiger charge is -2.57. The van der Waals surface area contributed by atoms with Crippen LogP contribution in [0.4, 0.5) is 0 Å². The first-order chi connectivity index (χ1) is 12.1. The smallest absolute Gasteiger partial charge is 0.322 e. The molecule has 0 radical (unpaired) electrons. The molecule has 4 aliphatic rings. The highest BCUT2D eigenvalue weighted by molar-refractivity contribution is 5.75. The lowest BCUT2D eigenvalue weighted by atomic mass is 9.53. The van der Waals surface area contributed by atoms with Crippen LogP contribution in [0.3, 0.4) is 0 Å². The minimum Gasteiger partial charge on any atom is -0.468 e. The van der Waals surface area contributed by atoms with Crippen molar-refractivity contribution in [2.75, 3.05) is 7.11 Å². The first-order valence-electron chi connectivity index (χ1n) is 9.97. The third kappa shape index (κ3) is 3.48. The van der Waals surface area contributed by atoms with Crippen molar-refractivity contribution >= 4 is 5.97 Å². The standard InChI is InChI=1S/C22H31NO2/c1-15(19-6-4-3-5-7-19)8-20(21(24)25-2)23-22-12-16-9-17(13-22)11-18(10-16)14-22/h3-7,15-18,20,23H,8-14H2,1-2H3. The molecule has 1 N–H and O–H groups in total. The molecule has 4 fully saturated rings. The van der Waals surface area contributed by atoms with E-state index in [2.05, 4.69) is 36.5 Å². The van der Waals surface area contributed by atoms with Crippen LogP contribution in [0, 0.1) is 17.8 Å². The molecule has 5 rings (SSSR count). The molecular weight excluding hydrogens is 310 g/mol. The molecule has 3 nitrogen and oxygen atoms in total. The average Bonchev–Trinajstić information content (AvgIpc) is 2.59. The van der Waals surface area contributed by atoms with Gasteiger partial charge in [-0.1, -0.05) is 37.3 Å². The number of esters is 1. The van der Waals surface area contributed by atoms with Gasteiger partial charge >= 0.3 is 5.97 Å². The van der Waals surface area contributed by atoms with Gasteiger partial charge in [-0.25, -0.2) is 0 Å². The molecule has 4 bridgehead atoms. The summed E-state index contributed by atoms with van der Waals surface area (Å²) in [4.78, 5) is 12.5. The second-order valence-electron chi connectivity index (χ2n) is 8.97. The van der Waals surface area contributed by atoms with E-state index in [1.54, 1.807) is 0 Å². The van der Waals surface area contributed by atoms with Crippen LogP contribution in [0.15, 0.2) is 30.3 Å². The Bertz CT molecular complexity index is 576. The van der Waals surface area contributed by atoms with Crippen molar-refractivity contribution in [3.05, 3.63) is 35.9 Å². The molecule has 25 heavy (non-hydrogen) atoms. The van der Waals surface area contributed by atoms with Crippen molar-refractivity contribution in [2.45, 2.75) is 69.4 Å². The first kappa shape index (κ1) is 17.1. The molecule has 0 spiro atoms. The molecule has 4 saturated carbocycles. The summed E-state index contributed by atoms with van der Waals surface area (Å²) >= 11 is 0. The van der Waals surface area contributed by atoms with Gasteiger partial charge in [0.15, 0.2) is 0 Å². The highest BCUT2D eigenvalue weighted by Crippen LogP contribution is 2.55. The highest BCUT2D eigenvalue weighted by Gasteiger charge is 2.51. The molecular formula is C22H31NO2. The number of hydrogen-bond acceptors (Lipinski definition) is 3. The summed E-state index contributed by atoms with van der Waals surface area (Å²) in [5.74, 6) is 2.88. The molecule has 2 unspecified atom stereocenters. The van der Waals surface area contributed by atoms with E-state index in [1.807, 2.05) is 6.07 Å². The normalized spacial score (nSPS) is 35.4. The Morgan fingerprint density at radius 3 is 2.20 bits per heavy atom. The van der Waals surface area contributed by atoms with Gasteiger partial charge in [0.25, 0.3) is 0 Å². The van der Waals surface area contributed by atoms with Gasteiger partial charge in [-0.15, -0.1) is 0 Å². The summed E-state index contributed by atoms with van der Waals surface area (Å²) in [6.07, 6.45) is 8.84.